The van der Waals surface area contributed by atoms with Crippen LogP contribution in [0.1, 0.15) is 31.9 Å². The molecule has 30 heavy (non-hydrogen) atoms. The Hall–Kier alpha value is -2.87. The third kappa shape index (κ3) is 6.88. The maximum Gasteiger partial charge on any atom is 0.260 e. The number of hydrogen-bond acceptors (Lipinski definition) is 5. The van der Waals surface area contributed by atoms with Gasteiger partial charge in [-0.1, -0.05) is 29.8 Å². The minimum absolute atomic E-state index is 0.00779. The molecule has 1 aromatic heterocycles. The molecule has 3 N–H and O–H groups in total. The van der Waals surface area contributed by atoms with Gasteiger partial charge in [-0.25, -0.2) is 0 Å². The van der Waals surface area contributed by atoms with E-state index in [0.717, 1.165) is 18.5 Å². The van der Waals surface area contributed by atoms with Crippen molar-refractivity contribution >= 4 is 23.4 Å². The third-order valence-corrected chi connectivity index (χ3v) is 5.07. The number of H-pyrrole nitrogens is 1. The predicted octanol–water partition coefficient (Wildman–Crippen LogP) is 2.43. The van der Waals surface area contributed by atoms with Crippen molar-refractivity contribution < 1.29 is 14.3 Å². The summed E-state index contributed by atoms with van der Waals surface area (Å²) in [6.45, 7) is 2.19. The number of halogens is 1. The van der Waals surface area contributed by atoms with Crippen molar-refractivity contribution in [1.29, 1.82) is 0 Å². The van der Waals surface area contributed by atoms with Crippen LogP contribution in [0.25, 0.3) is 0 Å². The zero-order valence-corrected chi connectivity index (χ0v) is 17.6. The van der Waals surface area contributed by atoms with Crippen LogP contribution < -0.4 is 15.4 Å². The Morgan fingerprint density at radius 3 is 3.00 bits per heavy atom. The molecule has 1 aromatic carbocycles. The summed E-state index contributed by atoms with van der Waals surface area (Å²) in [7, 11) is 0. The second-order valence-corrected chi connectivity index (χ2v) is 7.77. The van der Waals surface area contributed by atoms with Crippen LogP contribution >= 0.6 is 11.6 Å². The number of amides is 2. The van der Waals surface area contributed by atoms with Gasteiger partial charge in [0.05, 0.1) is 11.9 Å². The predicted molar refractivity (Wildman–Crippen MR) is 113 cm³/mol. The molecule has 1 aliphatic rings. The van der Waals surface area contributed by atoms with Gasteiger partial charge in [-0.15, -0.1) is 0 Å². The van der Waals surface area contributed by atoms with Crippen molar-refractivity contribution in [3.8, 4) is 5.75 Å². The number of aromatic nitrogens is 3. The number of nitrogens with zero attached hydrogens (tertiary/aromatic N) is 2. The number of carbonyl (C=O) groups excluding carboxylic acids is 2. The van der Waals surface area contributed by atoms with Gasteiger partial charge >= 0.3 is 0 Å². The van der Waals surface area contributed by atoms with Gasteiger partial charge in [0.15, 0.2) is 6.10 Å². The quantitative estimate of drug-likeness (QED) is 0.500. The van der Waals surface area contributed by atoms with Crippen LogP contribution in [0.2, 0.25) is 5.02 Å². The van der Waals surface area contributed by atoms with Crippen LogP contribution in [0, 0.1) is 5.92 Å². The molecule has 3 atom stereocenters. The van der Waals surface area contributed by atoms with Crippen molar-refractivity contribution in [2.75, 3.05) is 6.54 Å². The fourth-order valence-electron chi connectivity index (χ4n) is 3.26. The van der Waals surface area contributed by atoms with Gasteiger partial charge in [-0.3, -0.25) is 9.59 Å². The van der Waals surface area contributed by atoms with Crippen LogP contribution in [0.15, 0.2) is 42.6 Å². The van der Waals surface area contributed by atoms with Crippen LogP contribution in [0.4, 0.5) is 0 Å². The van der Waals surface area contributed by atoms with Crippen LogP contribution in [0.5, 0.6) is 5.75 Å². The lowest BCUT2D eigenvalue weighted by Gasteiger charge is -2.17. The van der Waals surface area contributed by atoms with E-state index in [0.29, 0.717) is 30.2 Å². The Bertz CT molecular complexity index is 871. The van der Waals surface area contributed by atoms with Crippen molar-refractivity contribution in [2.45, 2.75) is 44.8 Å². The molecule has 8 nitrogen and oxygen atoms in total. The van der Waals surface area contributed by atoms with E-state index in [-0.39, 0.29) is 23.8 Å². The molecule has 3 rings (SSSR count). The zero-order chi connectivity index (χ0) is 21.3. The van der Waals surface area contributed by atoms with E-state index in [2.05, 4.69) is 26.0 Å². The van der Waals surface area contributed by atoms with Gasteiger partial charge < -0.3 is 15.4 Å². The summed E-state index contributed by atoms with van der Waals surface area (Å²) in [6.07, 6.45) is 7.69. The second kappa shape index (κ2) is 10.8. The topological polar surface area (TPSA) is 109 Å². The first-order chi connectivity index (χ1) is 14.5. The standard InChI is InChI=1S/C21H26ClN5O3/c1-14(30-19-6-2-4-16(22)11-19)21(29)23-12-15-8-9-17(10-15)25-20(28)7-3-5-18-13-24-27-26-18/h2,4,6,8-9,11,13-15,17H,3,5,7,10,12H2,1H3,(H,23,29)(H,25,28)(H,24,26,27)/t14?,15-,17+/m0/s1. The normalized spacial score (nSPS) is 18.7. The zero-order valence-electron chi connectivity index (χ0n) is 16.8. The number of aromatic amines is 1. The average molecular weight is 432 g/mol. The number of rotatable bonds is 10. The summed E-state index contributed by atoms with van der Waals surface area (Å²) in [5, 5.41) is 16.8. The molecule has 1 unspecified atom stereocenters. The summed E-state index contributed by atoms with van der Waals surface area (Å²) in [6, 6.07) is 6.94. The first-order valence-electron chi connectivity index (χ1n) is 10.0. The highest BCUT2D eigenvalue weighted by molar-refractivity contribution is 6.30. The third-order valence-electron chi connectivity index (χ3n) is 4.84. The first-order valence-corrected chi connectivity index (χ1v) is 10.4. The lowest BCUT2D eigenvalue weighted by Crippen LogP contribution is -2.39. The second-order valence-electron chi connectivity index (χ2n) is 7.33. The van der Waals surface area contributed by atoms with Gasteiger partial charge in [0.2, 0.25) is 5.91 Å². The van der Waals surface area contributed by atoms with Crippen LogP contribution in [0.3, 0.4) is 0 Å². The number of hydrogen-bond donors (Lipinski definition) is 3. The highest BCUT2D eigenvalue weighted by Gasteiger charge is 2.22. The Balaban J connectivity index is 1.32. The maximum absolute atomic E-state index is 12.3. The molecule has 0 fully saturated rings. The Morgan fingerprint density at radius 1 is 1.37 bits per heavy atom. The van der Waals surface area contributed by atoms with Crippen molar-refractivity contribution in [3.63, 3.8) is 0 Å². The molecule has 0 bridgehead atoms. The number of aryl methyl sites for hydroxylation is 1. The summed E-state index contributed by atoms with van der Waals surface area (Å²) < 4.78 is 5.63. The molecule has 0 radical (unpaired) electrons. The van der Waals surface area contributed by atoms with Crippen LogP contribution in [-0.2, 0) is 16.0 Å². The fraction of sp³-hybridized carbons (Fsp3) is 0.429. The summed E-state index contributed by atoms with van der Waals surface area (Å²) in [4.78, 5) is 24.4. The summed E-state index contributed by atoms with van der Waals surface area (Å²) >= 11 is 5.93. The molecule has 2 aromatic rings. The summed E-state index contributed by atoms with van der Waals surface area (Å²) in [5.41, 5.74) is 0.855. The highest BCUT2D eigenvalue weighted by Crippen LogP contribution is 2.19. The highest BCUT2D eigenvalue weighted by atomic mass is 35.5. The monoisotopic (exact) mass is 431 g/mol. The Morgan fingerprint density at radius 2 is 2.23 bits per heavy atom. The maximum atomic E-state index is 12.3. The smallest absolute Gasteiger partial charge is 0.260 e. The van der Waals surface area contributed by atoms with Crippen molar-refractivity contribution in [3.05, 3.63) is 53.3 Å². The minimum atomic E-state index is -0.630. The Labute approximate surface area is 180 Å². The number of carbonyl (C=O) groups is 2. The molecule has 160 valence electrons. The van der Waals surface area contributed by atoms with Gasteiger partial charge in [0, 0.05) is 24.0 Å². The van der Waals surface area contributed by atoms with Gasteiger partial charge in [0.1, 0.15) is 5.75 Å². The number of nitrogens with one attached hydrogen (secondary N) is 3. The lowest BCUT2D eigenvalue weighted by molar-refractivity contribution is -0.127. The van der Waals surface area contributed by atoms with Crippen LogP contribution in [-0.4, -0.2) is 45.9 Å². The van der Waals surface area contributed by atoms with Gasteiger partial charge in [-0.2, -0.15) is 15.4 Å². The molecule has 0 spiro atoms. The molecular formula is C21H26ClN5O3. The van der Waals surface area contributed by atoms with E-state index in [9.17, 15) is 9.59 Å². The molecule has 9 heteroatoms. The molecular weight excluding hydrogens is 406 g/mol. The SMILES string of the molecule is CC(Oc1cccc(Cl)c1)C(=O)NC[C@H]1C=C[C@@H](NC(=O)CCCc2cn[nH]n2)C1. The lowest BCUT2D eigenvalue weighted by atomic mass is 10.1. The summed E-state index contributed by atoms with van der Waals surface area (Å²) in [5.74, 6) is 0.551. The molecule has 1 heterocycles. The van der Waals surface area contributed by atoms with Gasteiger partial charge in [0.25, 0.3) is 5.91 Å². The van der Waals surface area contributed by atoms with Gasteiger partial charge in [-0.05, 0) is 50.3 Å². The van der Waals surface area contributed by atoms with Crippen molar-refractivity contribution in [2.24, 2.45) is 5.92 Å². The molecule has 1 aliphatic carbocycles. The van der Waals surface area contributed by atoms with E-state index in [1.807, 2.05) is 12.2 Å². The van der Waals surface area contributed by atoms with E-state index < -0.39 is 6.10 Å². The van der Waals surface area contributed by atoms with E-state index >= 15 is 0 Å². The van der Waals surface area contributed by atoms with E-state index in [4.69, 9.17) is 16.3 Å². The van der Waals surface area contributed by atoms with E-state index in [1.165, 1.54) is 0 Å². The number of ether oxygens (including phenoxy) is 1. The molecule has 0 saturated carbocycles. The largest absolute Gasteiger partial charge is 0.481 e. The Kier molecular flexibility index (Phi) is 7.84. The van der Waals surface area contributed by atoms with Crippen molar-refractivity contribution in [1.82, 2.24) is 26.0 Å². The minimum Gasteiger partial charge on any atom is -0.481 e. The molecule has 0 aliphatic heterocycles. The average Bonchev–Trinajstić information content (AvgIpc) is 3.38. The first kappa shape index (κ1) is 21.8. The van der Waals surface area contributed by atoms with E-state index in [1.54, 1.807) is 37.4 Å². The number of benzene rings is 1. The molecule has 0 saturated heterocycles. The fourth-order valence-corrected chi connectivity index (χ4v) is 3.44. The molecule has 2 amide bonds.